The molecule has 0 atom stereocenters. The Kier molecular flexibility index (Phi) is 3.29. The van der Waals surface area contributed by atoms with Gasteiger partial charge in [-0.15, -0.1) is 0 Å². The molecular weight excluding hydrogens is 232 g/mol. The van der Waals surface area contributed by atoms with E-state index in [1.165, 1.54) is 0 Å². The van der Waals surface area contributed by atoms with Crippen molar-refractivity contribution in [2.75, 3.05) is 5.75 Å². The smallest absolute Gasteiger partial charge is 0.178 e. The van der Waals surface area contributed by atoms with Crippen LogP contribution in [0.4, 0.5) is 0 Å². The molecule has 2 aromatic carbocycles. The molecule has 0 fully saturated rings. The second-order valence-electron chi connectivity index (χ2n) is 3.79. The van der Waals surface area contributed by atoms with Gasteiger partial charge in [0.2, 0.25) is 0 Å². The zero-order valence-electron chi connectivity index (χ0n) is 9.63. The Hall–Kier alpha value is -1.61. The van der Waals surface area contributed by atoms with Crippen LogP contribution in [0.1, 0.15) is 6.92 Å². The SMILES string of the molecule is CCS(=O)(=O)c1ccc(-c2ccccc2)cc1. The molecule has 0 radical (unpaired) electrons. The second-order valence-corrected chi connectivity index (χ2v) is 6.07. The molecule has 0 bridgehead atoms. The van der Waals surface area contributed by atoms with Gasteiger partial charge >= 0.3 is 0 Å². The zero-order chi connectivity index (χ0) is 12.3. The molecule has 88 valence electrons. The van der Waals surface area contributed by atoms with E-state index < -0.39 is 9.84 Å². The molecule has 0 unspecified atom stereocenters. The van der Waals surface area contributed by atoms with E-state index in [4.69, 9.17) is 0 Å². The summed E-state index contributed by atoms with van der Waals surface area (Å²) in [7, 11) is -3.10. The molecule has 0 aliphatic heterocycles. The summed E-state index contributed by atoms with van der Waals surface area (Å²) in [5.41, 5.74) is 2.12. The minimum Gasteiger partial charge on any atom is -0.224 e. The molecule has 0 aliphatic carbocycles. The van der Waals surface area contributed by atoms with Crippen LogP contribution in [0.5, 0.6) is 0 Å². The molecule has 0 aromatic heterocycles. The van der Waals surface area contributed by atoms with E-state index in [-0.39, 0.29) is 5.75 Å². The Balaban J connectivity index is 2.38. The third kappa shape index (κ3) is 2.56. The van der Waals surface area contributed by atoms with E-state index in [9.17, 15) is 8.42 Å². The van der Waals surface area contributed by atoms with Crippen molar-refractivity contribution in [1.29, 1.82) is 0 Å². The van der Waals surface area contributed by atoms with Crippen LogP contribution < -0.4 is 0 Å². The molecule has 2 nitrogen and oxygen atoms in total. The van der Waals surface area contributed by atoms with Crippen molar-refractivity contribution in [3.63, 3.8) is 0 Å². The average molecular weight is 246 g/mol. The first-order valence-corrected chi connectivity index (χ1v) is 7.17. The molecule has 0 aliphatic rings. The number of hydrogen-bond donors (Lipinski definition) is 0. The van der Waals surface area contributed by atoms with Gasteiger partial charge in [-0.2, -0.15) is 0 Å². The highest BCUT2D eigenvalue weighted by atomic mass is 32.2. The van der Waals surface area contributed by atoms with Crippen LogP contribution in [0.3, 0.4) is 0 Å². The standard InChI is InChI=1S/C14H14O2S/c1-2-17(15,16)14-10-8-13(9-11-14)12-6-4-3-5-7-12/h3-11H,2H2,1H3. The predicted octanol–water partition coefficient (Wildman–Crippen LogP) is 3.15. The molecule has 2 rings (SSSR count). The van der Waals surface area contributed by atoms with Gasteiger partial charge in [-0.1, -0.05) is 49.4 Å². The molecule has 17 heavy (non-hydrogen) atoms. The van der Waals surface area contributed by atoms with Crippen LogP contribution in [0.2, 0.25) is 0 Å². The fourth-order valence-electron chi connectivity index (χ4n) is 1.65. The topological polar surface area (TPSA) is 34.1 Å². The summed E-state index contributed by atoms with van der Waals surface area (Å²) in [6.45, 7) is 1.65. The van der Waals surface area contributed by atoms with E-state index in [0.717, 1.165) is 11.1 Å². The maximum absolute atomic E-state index is 11.6. The van der Waals surface area contributed by atoms with Gasteiger partial charge in [0, 0.05) is 0 Å². The molecule has 0 N–H and O–H groups in total. The highest BCUT2D eigenvalue weighted by Crippen LogP contribution is 2.21. The predicted molar refractivity (Wildman–Crippen MR) is 69.6 cm³/mol. The van der Waals surface area contributed by atoms with Crippen molar-refractivity contribution >= 4 is 9.84 Å². The molecule has 0 saturated carbocycles. The van der Waals surface area contributed by atoms with Gasteiger partial charge in [-0.25, -0.2) is 8.42 Å². The first kappa shape index (κ1) is 11.9. The summed E-state index contributed by atoms with van der Waals surface area (Å²) >= 11 is 0. The number of rotatable bonds is 3. The lowest BCUT2D eigenvalue weighted by Gasteiger charge is -2.04. The van der Waals surface area contributed by atoms with Crippen molar-refractivity contribution in [1.82, 2.24) is 0 Å². The van der Waals surface area contributed by atoms with Crippen molar-refractivity contribution in [3.05, 3.63) is 54.6 Å². The van der Waals surface area contributed by atoms with E-state index >= 15 is 0 Å². The summed E-state index contributed by atoms with van der Waals surface area (Å²) in [6.07, 6.45) is 0. The van der Waals surface area contributed by atoms with Gasteiger partial charge < -0.3 is 0 Å². The fourth-order valence-corrected chi connectivity index (χ4v) is 2.54. The molecule has 0 spiro atoms. The Bertz CT molecular complexity index is 584. The van der Waals surface area contributed by atoms with E-state index in [0.29, 0.717) is 4.90 Å². The summed E-state index contributed by atoms with van der Waals surface area (Å²) < 4.78 is 23.3. The minimum atomic E-state index is -3.10. The Morgan fingerprint density at radius 3 is 1.88 bits per heavy atom. The molecule has 0 heterocycles. The average Bonchev–Trinajstić information content (AvgIpc) is 2.40. The Labute approximate surface area is 102 Å². The third-order valence-corrected chi connectivity index (χ3v) is 4.45. The normalized spacial score (nSPS) is 11.4. The fraction of sp³-hybridized carbons (Fsp3) is 0.143. The highest BCUT2D eigenvalue weighted by Gasteiger charge is 2.10. The van der Waals surface area contributed by atoms with Crippen LogP contribution in [-0.2, 0) is 9.84 Å². The number of hydrogen-bond acceptors (Lipinski definition) is 2. The quantitative estimate of drug-likeness (QED) is 0.833. The van der Waals surface area contributed by atoms with E-state index in [1.54, 1.807) is 19.1 Å². The lowest BCUT2D eigenvalue weighted by molar-refractivity contribution is 0.597. The van der Waals surface area contributed by atoms with Gasteiger partial charge in [-0.3, -0.25) is 0 Å². The summed E-state index contributed by atoms with van der Waals surface area (Å²) in [5.74, 6) is 0.137. The van der Waals surface area contributed by atoms with Gasteiger partial charge in [0.15, 0.2) is 9.84 Å². The number of sulfone groups is 1. The second kappa shape index (κ2) is 4.72. The van der Waals surface area contributed by atoms with Crippen LogP contribution in [0.15, 0.2) is 59.5 Å². The summed E-state index contributed by atoms with van der Waals surface area (Å²) in [6, 6.07) is 16.9. The summed E-state index contributed by atoms with van der Waals surface area (Å²) in [4.78, 5) is 0.389. The Morgan fingerprint density at radius 1 is 0.824 bits per heavy atom. The van der Waals surface area contributed by atoms with Crippen LogP contribution in [0, 0.1) is 0 Å². The van der Waals surface area contributed by atoms with Crippen molar-refractivity contribution in [3.8, 4) is 11.1 Å². The van der Waals surface area contributed by atoms with Gasteiger partial charge in [0.25, 0.3) is 0 Å². The van der Waals surface area contributed by atoms with Crippen molar-refractivity contribution < 1.29 is 8.42 Å². The maximum atomic E-state index is 11.6. The van der Waals surface area contributed by atoms with Crippen molar-refractivity contribution in [2.24, 2.45) is 0 Å². The van der Waals surface area contributed by atoms with E-state index in [1.807, 2.05) is 42.5 Å². The van der Waals surface area contributed by atoms with Crippen LogP contribution in [0.25, 0.3) is 11.1 Å². The molecule has 3 heteroatoms. The third-order valence-electron chi connectivity index (χ3n) is 2.70. The lowest BCUT2D eigenvalue weighted by Crippen LogP contribution is -2.02. The van der Waals surface area contributed by atoms with Gasteiger partial charge in [0.1, 0.15) is 0 Å². The minimum absolute atomic E-state index is 0.137. The molecule has 0 amide bonds. The first-order chi connectivity index (χ1) is 8.13. The highest BCUT2D eigenvalue weighted by molar-refractivity contribution is 7.91. The largest absolute Gasteiger partial charge is 0.224 e. The monoisotopic (exact) mass is 246 g/mol. The lowest BCUT2D eigenvalue weighted by atomic mass is 10.1. The zero-order valence-corrected chi connectivity index (χ0v) is 10.4. The molecular formula is C14H14O2S. The van der Waals surface area contributed by atoms with Crippen LogP contribution in [-0.4, -0.2) is 14.2 Å². The molecule has 0 saturated heterocycles. The van der Waals surface area contributed by atoms with Gasteiger partial charge in [-0.05, 0) is 23.3 Å². The first-order valence-electron chi connectivity index (χ1n) is 5.52. The maximum Gasteiger partial charge on any atom is 0.178 e. The molecule has 2 aromatic rings. The van der Waals surface area contributed by atoms with E-state index in [2.05, 4.69) is 0 Å². The Morgan fingerprint density at radius 2 is 1.35 bits per heavy atom. The van der Waals surface area contributed by atoms with Crippen molar-refractivity contribution in [2.45, 2.75) is 11.8 Å². The number of benzene rings is 2. The summed E-state index contributed by atoms with van der Waals surface area (Å²) in [5, 5.41) is 0. The van der Waals surface area contributed by atoms with Gasteiger partial charge in [0.05, 0.1) is 10.6 Å². The van der Waals surface area contributed by atoms with Crippen LogP contribution >= 0.6 is 0 Å².